The van der Waals surface area contributed by atoms with Crippen LogP contribution in [-0.4, -0.2) is 20.4 Å². The molecule has 1 aromatic heterocycles. The maximum absolute atomic E-state index is 12.8. The number of halogens is 2. The molecule has 0 saturated carbocycles. The van der Waals surface area contributed by atoms with Gasteiger partial charge in [-0.05, 0) is 43.3 Å². The van der Waals surface area contributed by atoms with Crippen LogP contribution in [0, 0.1) is 5.82 Å². The van der Waals surface area contributed by atoms with E-state index in [1.165, 1.54) is 43.3 Å². The van der Waals surface area contributed by atoms with E-state index in [1.54, 1.807) is 0 Å². The third-order valence-electron chi connectivity index (χ3n) is 2.62. The fourth-order valence-corrected chi connectivity index (χ4v) is 3.81. The van der Waals surface area contributed by atoms with Crippen molar-refractivity contribution in [3.8, 4) is 5.75 Å². The number of rotatable bonds is 6. The van der Waals surface area contributed by atoms with Crippen molar-refractivity contribution in [2.75, 3.05) is 0 Å². The highest BCUT2D eigenvalue weighted by molar-refractivity contribution is 7.91. The van der Waals surface area contributed by atoms with Gasteiger partial charge in [-0.2, -0.15) is 0 Å². The summed E-state index contributed by atoms with van der Waals surface area (Å²) in [4.78, 5) is 13.8. The first-order valence-electron chi connectivity index (χ1n) is 6.27. The molecule has 2 rings (SSSR count). The number of hydrogen-bond acceptors (Lipinski definition) is 5. The number of nitrogens with one attached hydrogen (secondary N) is 2. The number of amides is 1. The number of hydrazine groups is 1. The van der Waals surface area contributed by atoms with Crippen molar-refractivity contribution in [1.82, 2.24) is 10.3 Å². The molecule has 1 aromatic carbocycles. The second kappa shape index (κ2) is 7.26. The fourth-order valence-electron chi connectivity index (χ4n) is 1.48. The molecule has 0 aliphatic carbocycles. The summed E-state index contributed by atoms with van der Waals surface area (Å²) < 4.78 is 42.2. The molecule has 0 saturated heterocycles. The van der Waals surface area contributed by atoms with Crippen LogP contribution in [0.15, 0.2) is 40.6 Å². The molecule has 0 bridgehead atoms. The van der Waals surface area contributed by atoms with Crippen LogP contribution in [0.25, 0.3) is 0 Å². The van der Waals surface area contributed by atoms with E-state index in [0.29, 0.717) is 4.34 Å². The summed E-state index contributed by atoms with van der Waals surface area (Å²) in [5.41, 5.74) is 2.05. The SMILES string of the molecule is C[C@@H](Oc1ccc(F)cc1)C(=O)NNS(=O)(=O)c1ccc(Cl)s1. The molecule has 0 aliphatic rings. The van der Waals surface area contributed by atoms with Crippen molar-refractivity contribution in [2.45, 2.75) is 17.2 Å². The van der Waals surface area contributed by atoms with Crippen LogP contribution in [0.3, 0.4) is 0 Å². The van der Waals surface area contributed by atoms with E-state index in [4.69, 9.17) is 16.3 Å². The molecular weight excluding hydrogens is 367 g/mol. The fraction of sp³-hybridized carbons (Fsp3) is 0.154. The lowest BCUT2D eigenvalue weighted by molar-refractivity contribution is -0.127. The number of thiophene rings is 1. The van der Waals surface area contributed by atoms with E-state index >= 15 is 0 Å². The van der Waals surface area contributed by atoms with Gasteiger partial charge in [-0.3, -0.25) is 10.2 Å². The molecule has 2 N–H and O–H groups in total. The third-order valence-corrected chi connectivity index (χ3v) is 5.59. The van der Waals surface area contributed by atoms with E-state index in [1.807, 2.05) is 10.3 Å². The molecular formula is C13H12ClFN2O4S2. The summed E-state index contributed by atoms with van der Waals surface area (Å²) in [5.74, 6) is -0.862. The van der Waals surface area contributed by atoms with Crippen LogP contribution in [0.5, 0.6) is 5.75 Å². The minimum Gasteiger partial charge on any atom is -0.481 e. The largest absolute Gasteiger partial charge is 0.481 e. The maximum atomic E-state index is 12.8. The number of ether oxygens (including phenoxy) is 1. The molecule has 0 fully saturated rings. The average molecular weight is 379 g/mol. The summed E-state index contributed by atoms with van der Waals surface area (Å²) in [6, 6.07) is 7.84. The minimum atomic E-state index is -3.90. The van der Waals surface area contributed by atoms with Gasteiger partial charge in [0.1, 0.15) is 15.8 Å². The molecule has 1 heterocycles. The second-order valence-electron chi connectivity index (χ2n) is 4.37. The summed E-state index contributed by atoms with van der Waals surface area (Å²) in [7, 11) is -3.90. The molecule has 0 aliphatic heterocycles. The van der Waals surface area contributed by atoms with Gasteiger partial charge >= 0.3 is 0 Å². The zero-order valence-corrected chi connectivity index (χ0v) is 14.1. The summed E-state index contributed by atoms with van der Waals surface area (Å²) in [6.45, 7) is 1.43. The molecule has 0 radical (unpaired) electrons. The van der Waals surface area contributed by atoms with Gasteiger partial charge in [-0.15, -0.1) is 16.2 Å². The van der Waals surface area contributed by atoms with Crippen LogP contribution < -0.4 is 15.0 Å². The highest BCUT2D eigenvalue weighted by atomic mass is 35.5. The lowest BCUT2D eigenvalue weighted by Gasteiger charge is -2.14. The van der Waals surface area contributed by atoms with Gasteiger partial charge in [0.05, 0.1) is 4.34 Å². The molecule has 0 spiro atoms. The maximum Gasteiger partial charge on any atom is 0.275 e. The smallest absolute Gasteiger partial charge is 0.275 e. The molecule has 0 unspecified atom stereocenters. The first-order chi connectivity index (χ1) is 10.8. The Bertz CT molecular complexity index is 793. The number of benzene rings is 1. The number of carbonyl (C=O) groups is 1. The molecule has 124 valence electrons. The highest BCUT2D eigenvalue weighted by Crippen LogP contribution is 2.24. The van der Waals surface area contributed by atoms with Gasteiger partial charge in [0.25, 0.3) is 15.9 Å². The Hall–Kier alpha value is -1.68. The quantitative estimate of drug-likeness (QED) is 0.755. The van der Waals surface area contributed by atoms with E-state index in [2.05, 4.69) is 0 Å². The molecule has 6 nitrogen and oxygen atoms in total. The van der Waals surface area contributed by atoms with Crippen molar-refractivity contribution in [3.63, 3.8) is 0 Å². The first-order valence-corrected chi connectivity index (χ1v) is 8.95. The normalized spacial score (nSPS) is 12.7. The van der Waals surface area contributed by atoms with Crippen LogP contribution in [0.1, 0.15) is 6.92 Å². The van der Waals surface area contributed by atoms with Crippen molar-refractivity contribution in [3.05, 3.63) is 46.6 Å². The Labute approximate surface area is 141 Å². The van der Waals surface area contributed by atoms with Crippen LogP contribution in [-0.2, 0) is 14.8 Å². The van der Waals surface area contributed by atoms with Crippen molar-refractivity contribution >= 4 is 38.9 Å². The molecule has 10 heteroatoms. The summed E-state index contributed by atoms with van der Waals surface area (Å²) in [6.07, 6.45) is -0.991. The number of hydrogen-bond donors (Lipinski definition) is 2. The van der Waals surface area contributed by atoms with Gasteiger partial charge in [0.2, 0.25) is 0 Å². The van der Waals surface area contributed by atoms with E-state index in [9.17, 15) is 17.6 Å². The van der Waals surface area contributed by atoms with Gasteiger partial charge in [-0.25, -0.2) is 12.8 Å². The van der Waals surface area contributed by atoms with Crippen LogP contribution in [0.4, 0.5) is 4.39 Å². The van der Waals surface area contributed by atoms with Crippen LogP contribution >= 0.6 is 22.9 Å². The Morgan fingerprint density at radius 2 is 1.91 bits per heavy atom. The summed E-state index contributed by atoms with van der Waals surface area (Å²) >= 11 is 6.53. The third kappa shape index (κ3) is 4.90. The predicted molar refractivity (Wildman–Crippen MR) is 84.3 cm³/mol. The zero-order chi connectivity index (χ0) is 17.0. The van der Waals surface area contributed by atoms with Crippen molar-refractivity contribution < 1.29 is 22.3 Å². The molecule has 1 atom stereocenters. The van der Waals surface area contributed by atoms with E-state index in [-0.39, 0.29) is 9.96 Å². The number of carbonyl (C=O) groups excluding carboxylic acids is 1. The van der Waals surface area contributed by atoms with Gasteiger partial charge in [0, 0.05) is 0 Å². The molecule has 23 heavy (non-hydrogen) atoms. The second-order valence-corrected chi connectivity index (χ2v) is 7.99. The van der Waals surface area contributed by atoms with Gasteiger partial charge < -0.3 is 4.74 Å². The monoisotopic (exact) mass is 378 g/mol. The van der Waals surface area contributed by atoms with E-state index in [0.717, 1.165) is 11.3 Å². The van der Waals surface area contributed by atoms with E-state index < -0.39 is 27.9 Å². The topological polar surface area (TPSA) is 84.5 Å². The molecule has 1 amide bonds. The molecule has 2 aromatic rings. The Kier molecular flexibility index (Phi) is 5.58. The minimum absolute atomic E-state index is 0.0325. The summed E-state index contributed by atoms with van der Waals surface area (Å²) in [5, 5.41) is 0. The number of sulfonamides is 1. The van der Waals surface area contributed by atoms with Crippen molar-refractivity contribution in [2.24, 2.45) is 0 Å². The lowest BCUT2D eigenvalue weighted by Crippen LogP contribution is -2.46. The van der Waals surface area contributed by atoms with Gasteiger partial charge in [-0.1, -0.05) is 11.6 Å². The van der Waals surface area contributed by atoms with Crippen LogP contribution in [0.2, 0.25) is 4.34 Å². The van der Waals surface area contributed by atoms with Crippen molar-refractivity contribution in [1.29, 1.82) is 0 Å². The highest BCUT2D eigenvalue weighted by Gasteiger charge is 2.20. The Morgan fingerprint density at radius 3 is 2.48 bits per heavy atom. The Morgan fingerprint density at radius 1 is 1.26 bits per heavy atom. The predicted octanol–water partition coefficient (Wildman–Crippen LogP) is 2.32. The zero-order valence-electron chi connectivity index (χ0n) is 11.7. The van der Waals surface area contributed by atoms with Gasteiger partial charge in [0.15, 0.2) is 6.10 Å². The lowest BCUT2D eigenvalue weighted by atomic mass is 10.3. The Balaban J connectivity index is 1.92. The standard InChI is InChI=1S/C13H12ClFN2O4S2/c1-8(21-10-4-2-9(15)3-5-10)13(18)16-17-23(19,20)12-7-6-11(14)22-12/h2-8,17H,1H3,(H,16,18)/t8-/m1/s1. The first kappa shape index (κ1) is 17.7. The average Bonchev–Trinajstić information content (AvgIpc) is 2.94.